The van der Waals surface area contributed by atoms with Crippen LogP contribution in [0.5, 0.6) is 11.9 Å². The van der Waals surface area contributed by atoms with E-state index in [9.17, 15) is 0 Å². The number of hydrogen-bond donors (Lipinski definition) is 1. The van der Waals surface area contributed by atoms with Gasteiger partial charge in [-0.05, 0) is 6.42 Å². The zero-order valence-electron chi connectivity index (χ0n) is 13.3. The van der Waals surface area contributed by atoms with E-state index in [4.69, 9.17) is 9.47 Å². The monoisotopic (exact) mass is 314 g/mol. The minimum atomic E-state index is 0.256. The maximum atomic E-state index is 5.35. The van der Waals surface area contributed by atoms with E-state index in [1.807, 2.05) is 10.6 Å². The predicted molar refractivity (Wildman–Crippen MR) is 85.9 cm³/mol. The summed E-state index contributed by atoms with van der Waals surface area (Å²) in [6, 6.07) is 0.256. The van der Waals surface area contributed by atoms with Gasteiger partial charge in [0.2, 0.25) is 5.88 Å². The first-order chi connectivity index (χ1) is 11.3. The molecule has 3 heterocycles. The molecule has 0 bridgehead atoms. The maximum Gasteiger partial charge on any atom is 0.319 e. The van der Waals surface area contributed by atoms with Crippen molar-refractivity contribution in [2.45, 2.75) is 13.3 Å². The first-order valence-electron chi connectivity index (χ1n) is 7.29. The van der Waals surface area contributed by atoms with E-state index >= 15 is 0 Å². The van der Waals surface area contributed by atoms with Crippen LogP contribution in [-0.4, -0.2) is 45.1 Å². The Labute approximate surface area is 133 Å². The SMILES string of the molecule is CCCNc1nccn2c(-c3cnc(OC)nc3OC)cnc12. The van der Waals surface area contributed by atoms with Crippen molar-refractivity contribution >= 4 is 11.5 Å². The van der Waals surface area contributed by atoms with Gasteiger partial charge in [-0.1, -0.05) is 6.92 Å². The van der Waals surface area contributed by atoms with Crippen molar-refractivity contribution in [2.24, 2.45) is 0 Å². The highest BCUT2D eigenvalue weighted by Crippen LogP contribution is 2.30. The topological polar surface area (TPSA) is 86.5 Å². The second-order valence-corrected chi connectivity index (χ2v) is 4.82. The summed E-state index contributed by atoms with van der Waals surface area (Å²) in [5, 5.41) is 3.27. The van der Waals surface area contributed by atoms with Crippen molar-refractivity contribution in [1.82, 2.24) is 24.3 Å². The third-order valence-electron chi connectivity index (χ3n) is 3.35. The number of aromatic nitrogens is 5. The zero-order chi connectivity index (χ0) is 16.2. The van der Waals surface area contributed by atoms with Gasteiger partial charge in [0, 0.05) is 25.1 Å². The molecule has 3 rings (SSSR count). The Morgan fingerprint density at radius 1 is 1.13 bits per heavy atom. The van der Waals surface area contributed by atoms with Crippen molar-refractivity contribution in [3.8, 4) is 23.1 Å². The number of nitrogens with one attached hydrogen (secondary N) is 1. The average Bonchev–Trinajstić information content (AvgIpc) is 3.03. The number of fused-ring (bicyclic) bond motifs is 1. The van der Waals surface area contributed by atoms with Crippen LogP contribution in [0.3, 0.4) is 0 Å². The average molecular weight is 314 g/mol. The van der Waals surface area contributed by atoms with Crippen molar-refractivity contribution in [3.05, 3.63) is 24.8 Å². The number of hydrogen-bond acceptors (Lipinski definition) is 7. The number of nitrogens with zero attached hydrogens (tertiary/aromatic N) is 5. The fraction of sp³-hybridized carbons (Fsp3) is 0.333. The van der Waals surface area contributed by atoms with Crippen LogP contribution >= 0.6 is 0 Å². The number of ether oxygens (including phenoxy) is 2. The molecular weight excluding hydrogens is 296 g/mol. The zero-order valence-corrected chi connectivity index (χ0v) is 13.3. The second kappa shape index (κ2) is 6.47. The molecule has 0 amide bonds. The molecule has 8 heteroatoms. The van der Waals surface area contributed by atoms with E-state index in [1.165, 1.54) is 7.11 Å². The Morgan fingerprint density at radius 2 is 2.00 bits per heavy atom. The molecule has 0 aromatic carbocycles. The van der Waals surface area contributed by atoms with Gasteiger partial charge in [-0.3, -0.25) is 4.40 Å². The van der Waals surface area contributed by atoms with Crippen molar-refractivity contribution in [1.29, 1.82) is 0 Å². The van der Waals surface area contributed by atoms with Gasteiger partial charge in [0.15, 0.2) is 11.5 Å². The number of methoxy groups -OCH3 is 2. The Morgan fingerprint density at radius 3 is 2.74 bits per heavy atom. The Hall–Kier alpha value is -2.90. The summed E-state index contributed by atoms with van der Waals surface area (Å²) in [4.78, 5) is 17.2. The van der Waals surface area contributed by atoms with E-state index in [0.717, 1.165) is 35.7 Å². The summed E-state index contributed by atoms with van der Waals surface area (Å²) in [6.45, 7) is 2.94. The highest BCUT2D eigenvalue weighted by atomic mass is 16.5. The van der Waals surface area contributed by atoms with Gasteiger partial charge in [0.05, 0.1) is 31.7 Å². The lowest BCUT2D eigenvalue weighted by Gasteiger charge is -2.09. The van der Waals surface area contributed by atoms with Gasteiger partial charge >= 0.3 is 6.01 Å². The summed E-state index contributed by atoms with van der Waals surface area (Å²) in [5.74, 6) is 1.17. The minimum Gasteiger partial charge on any atom is -0.480 e. The molecule has 3 aromatic rings. The molecule has 0 unspecified atom stereocenters. The third kappa shape index (κ3) is 2.75. The summed E-state index contributed by atoms with van der Waals surface area (Å²) < 4.78 is 12.3. The van der Waals surface area contributed by atoms with E-state index in [1.54, 1.807) is 25.7 Å². The molecule has 0 spiro atoms. The first-order valence-corrected chi connectivity index (χ1v) is 7.29. The summed E-state index contributed by atoms with van der Waals surface area (Å²) >= 11 is 0. The fourth-order valence-electron chi connectivity index (χ4n) is 2.27. The molecule has 0 aliphatic carbocycles. The second-order valence-electron chi connectivity index (χ2n) is 4.82. The van der Waals surface area contributed by atoms with E-state index in [-0.39, 0.29) is 6.01 Å². The molecule has 1 N–H and O–H groups in total. The number of anilines is 1. The highest BCUT2D eigenvalue weighted by Gasteiger charge is 2.16. The van der Waals surface area contributed by atoms with Crippen molar-refractivity contribution in [2.75, 3.05) is 26.1 Å². The Kier molecular flexibility index (Phi) is 4.22. The lowest BCUT2D eigenvalue weighted by Crippen LogP contribution is -2.04. The molecule has 0 aliphatic heterocycles. The van der Waals surface area contributed by atoms with E-state index in [0.29, 0.717) is 5.88 Å². The van der Waals surface area contributed by atoms with Gasteiger partial charge in [-0.2, -0.15) is 4.98 Å². The molecule has 23 heavy (non-hydrogen) atoms. The first kappa shape index (κ1) is 15.0. The largest absolute Gasteiger partial charge is 0.480 e. The van der Waals surface area contributed by atoms with Crippen LogP contribution in [-0.2, 0) is 0 Å². The Balaban J connectivity index is 2.11. The van der Waals surface area contributed by atoms with Gasteiger partial charge in [-0.15, -0.1) is 0 Å². The third-order valence-corrected chi connectivity index (χ3v) is 3.35. The van der Waals surface area contributed by atoms with Crippen LogP contribution in [0.1, 0.15) is 13.3 Å². The molecule has 0 saturated carbocycles. The summed E-state index contributed by atoms with van der Waals surface area (Å²) in [6.07, 6.45) is 8.00. The van der Waals surface area contributed by atoms with E-state index < -0.39 is 0 Å². The molecule has 0 saturated heterocycles. The summed E-state index contributed by atoms with van der Waals surface area (Å²) in [5.41, 5.74) is 2.30. The molecule has 3 aromatic heterocycles. The van der Waals surface area contributed by atoms with Gasteiger partial charge in [-0.25, -0.2) is 15.0 Å². The normalized spacial score (nSPS) is 10.7. The molecule has 0 radical (unpaired) electrons. The lowest BCUT2D eigenvalue weighted by molar-refractivity contribution is 0.353. The predicted octanol–water partition coefficient (Wildman–Crippen LogP) is 2.03. The smallest absolute Gasteiger partial charge is 0.319 e. The minimum absolute atomic E-state index is 0.256. The molecule has 0 fully saturated rings. The van der Waals surface area contributed by atoms with E-state index in [2.05, 4.69) is 32.2 Å². The van der Waals surface area contributed by atoms with Crippen LogP contribution in [0, 0.1) is 0 Å². The van der Waals surface area contributed by atoms with Gasteiger partial charge in [0.1, 0.15) is 0 Å². The molecule has 8 nitrogen and oxygen atoms in total. The lowest BCUT2D eigenvalue weighted by atomic mass is 10.2. The van der Waals surface area contributed by atoms with Crippen LogP contribution in [0.25, 0.3) is 16.9 Å². The fourth-order valence-corrected chi connectivity index (χ4v) is 2.27. The van der Waals surface area contributed by atoms with Crippen LogP contribution in [0.15, 0.2) is 24.8 Å². The molecule has 120 valence electrons. The molecule has 0 atom stereocenters. The van der Waals surface area contributed by atoms with Crippen molar-refractivity contribution < 1.29 is 9.47 Å². The maximum absolute atomic E-state index is 5.35. The number of imidazole rings is 1. The van der Waals surface area contributed by atoms with Crippen LogP contribution < -0.4 is 14.8 Å². The Bertz CT molecular complexity index is 817. The molecular formula is C15H18N6O2. The van der Waals surface area contributed by atoms with Gasteiger partial charge < -0.3 is 14.8 Å². The number of rotatable bonds is 6. The van der Waals surface area contributed by atoms with Crippen molar-refractivity contribution in [3.63, 3.8) is 0 Å². The van der Waals surface area contributed by atoms with Crippen LogP contribution in [0.2, 0.25) is 0 Å². The van der Waals surface area contributed by atoms with Gasteiger partial charge in [0.25, 0.3) is 0 Å². The highest BCUT2D eigenvalue weighted by molar-refractivity contribution is 5.72. The molecule has 0 aliphatic rings. The van der Waals surface area contributed by atoms with Crippen LogP contribution in [0.4, 0.5) is 5.82 Å². The standard InChI is InChI=1S/C15H18N6O2/c1-4-5-16-12-13-18-9-11(21(13)7-6-17-12)10-8-19-15(23-3)20-14(10)22-2/h6-9H,4-5H2,1-3H3,(H,16,17). The summed E-state index contributed by atoms with van der Waals surface area (Å²) in [7, 11) is 3.07. The quantitative estimate of drug-likeness (QED) is 0.745.